The second kappa shape index (κ2) is 7.49. The van der Waals surface area contributed by atoms with Crippen molar-refractivity contribution < 1.29 is 0 Å². The van der Waals surface area contributed by atoms with E-state index in [4.69, 9.17) is 11.6 Å². The lowest BCUT2D eigenvalue weighted by atomic mass is 10.0. The maximum Gasteiger partial charge on any atom is 0.0931 e. The molecular formula is C14H23ClN2S. The summed E-state index contributed by atoms with van der Waals surface area (Å²) in [7, 11) is 0. The van der Waals surface area contributed by atoms with Crippen LogP contribution in [0.15, 0.2) is 12.1 Å². The first kappa shape index (κ1) is 14.3. The van der Waals surface area contributed by atoms with Crippen LogP contribution in [0, 0.1) is 0 Å². The van der Waals surface area contributed by atoms with Gasteiger partial charge in [-0.2, -0.15) is 0 Å². The fourth-order valence-corrected chi connectivity index (χ4v) is 3.61. The minimum Gasteiger partial charge on any atom is -0.312 e. The van der Waals surface area contributed by atoms with Gasteiger partial charge in [-0.3, -0.25) is 0 Å². The van der Waals surface area contributed by atoms with E-state index in [0.29, 0.717) is 0 Å². The molecule has 2 nitrogen and oxygen atoms in total. The normalized spacial score (nSPS) is 21.3. The molecule has 1 aromatic rings. The summed E-state index contributed by atoms with van der Waals surface area (Å²) < 4.78 is 0.883. The number of hydrogen-bond donors (Lipinski definition) is 1. The van der Waals surface area contributed by atoms with Crippen LogP contribution in [0.2, 0.25) is 4.34 Å². The maximum absolute atomic E-state index is 5.90. The lowest BCUT2D eigenvalue weighted by Crippen LogP contribution is -2.38. The van der Waals surface area contributed by atoms with E-state index in [1.165, 1.54) is 43.6 Å². The van der Waals surface area contributed by atoms with E-state index in [1.807, 2.05) is 6.07 Å². The molecule has 1 unspecified atom stereocenters. The van der Waals surface area contributed by atoms with Gasteiger partial charge in [0.25, 0.3) is 0 Å². The second-order valence-electron chi connectivity index (χ2n) is 5.12. The summed E-state index contributed by atoms with van der Waals surface area (Å²) in [5.74, 6) is 0. The van der Waals surface area contributed by atoms with Crippen LogP contribution in [0.4, 0.5) is 0 Å². The van der Waals surface area contributed by atoms with Crippen LogP contribution in [-0.4, -0.2) is 30.6 Å². The molecule has 1 aliphatic heterocycles. The third-order valence-electron chi connectivity index (χ3n) is 3.67. The van der Waals surface area contributed by atoms with E-state index in [0.717, 1.165) is 23.5 Å². The molecule has 2 rings (SSSR count). The molecule has 1 aliphatic rings. The van der Waals surface area contributed by atoms with Crippen LogP contribution in [0.25, 0.3) is 0 Å². The van der Waals surface area contributed by atoms with Gasteiger partial charge in [-0.15, -0.1) is 11.3 Å². The second-order valence-corrected chi connectivity index (χ2v) is 6.92. The molecule has 1 aromatic heterocycles. The SMILES string of the molecule is CC1CCCCN1CCCNCc1ccc(Cl)s1. The minimum absolute atomic E-state index is 0.787. The van der Waals surface area contributed by atoms with Crippen LogP contribution in [-0.2, 0) is 6.54 Å². The van der Waals surface area contributed by atoms with Gasteiger partial charge in [0.2, 0.25) is 0 Å². The van der Waals surface area contributed by atoms with Gasteiger partial charge >= 0.3 is 0 Å². The first-order valence-corrected chi connectivity index (χ1v) is 8.14. The Labute approximate surface area is 119 Å². The predicted octanol–water partition coefficient (Wildman–Crippen LogP) is 3.76. The van der Waals surface area contributed by atoms with Gasteiger partial charge < -0.3 is 10.2 Å². The van der Waals surface area contributed by atoms with E-state index in [2.05, 4.69) is 23.2 Å². The van der Waals surface area contributed by atoms with Crippen LogP contribution in [0.1, 0.15) is 37.5 Å². The number of nitrogens with one attached hydrogen (secondary N) is 1. The zero-order valence-electron chi connectivity index (χ0n) is 11.1. The highest BCUT2D eigenvalue weighted by atomic mass is 35.5. The summed E-state index contributed by atoms with van der Waals surface area (Å²) in [6, 6.07) is 4.86. The Morgan fingerprint density at radius 1 is 1.44 bits per heavy atom. The first-order valence-electron chi connectivity index (χ1n) is 6.94. The zero-order chi connectivity index (χ0) is 12.8. The van der Waals surface area contributed by atoms with Crippen molar-refractivity contribution in [2.75, 3.05) is 19.6 Å². The Balaban J connectivity index is 1.55. The number of rotatable bonds is 6. The fraction of sp³-hybridized carbons (Fsp3) is 0.714. The zero-order valence-corrected chi connectivity index (χ0v) is 12.7. The molecule has 4 heteroatoms. The Hall–Kier alpha value is -0.0900. The van der Waals surface area contributed by atoms with Crippen LogP contribution in [0.3, 0.4) is 0 Å². The van der Waals surface area contributed by atoms with Crippen molar-refractivity contribution in [1.29, 1.82) is 0 Å². The van der Waals surface area contributed by atoms with Crippen LogP contribution >= 0.6 is 22.9 Å². The van der Waals surface area contributed by atoms with Crippen molar-refractivity contribution >= 4 is 22.9 Å². The molecule has 0 radical (unpaired) electrons. The van der Waals surface area contributed by atoms with E-state index >= 15 is 0 Å². The molecule has 0 aromatic carbocycles. The highest BCUT2D eigenvalue weighted by Gasteiger charge is 2.16. The molecule has 18 heavy (non-hydrogen) atoms. The molecule has 0 bridgehead atoms. The maximum atomic E-state index is 5.90. The van der Waals surface area contributed by atoms with E-state index in [-0.39, 0.29) is 0 Å². The van der Waals surface area contributed by atoms with Crippen molar-refractivity contribution in [3.63, 3.8) is 0 Å². The summed E-state index contributed by atoms with van der Waals surface area (Å²) >= 11 is 7.57. The number of thiophene rings is 1. The van der Waals surface area contributed by atoms with Crippen molar-refractivity contribution in [3.8, 4) is 0 Å². The lowest BCUT2D eigenvalue weighted by Gasteiger charge is -2.33. The summed E-state index contributed by atoms with van der Waals surface area (Å²) in [6.07, 6.45) is 5.41. The Kier molecular flexibility index (Phi) is 5.96. The average Bonchev–Trinajstić information content (AvgIpc) is 2.77. The predicted molar refractivity (Wildman–Crippen MR) is 80.5 cm³/mol. The largest absolute Gasteiger partial charge is 0.312 e. The number of nitrogens with zero attached hydrogens (tertiary/aromatic N) is 1. The van der Waals surface area contributed by atoms with Gasteiger partial charge in [-0.25, -0.2) is 0 Å². The van der Waals surface area contributed by atoms with Crippen molar-refractivity contribution in [2.24, 2.45) is 0 Å². The molecule has 1 atom stereocenters. The van der Waals surface area contributed by atoms with Crippen molar-refractivity contribution in [3.05, 3.63) is 21.3 Å². The Morgan fingerprint density at radius 2 is 2.33 bits per heavy atom. The van der Waals surface area contributed by atoms with Gasteiger partial charge in [0.15, 0.2) is 0 Å². The van der Waals surface area contributed by atoms with Gasteiger partial charge in [0.05, 0.1) is 4.34 Å². The summed E-state index contributed by atoms with van der Waals surface area (Å²) in [6.45, 7) is 6.94. The summed E-state index contributed by atoms with van der Waals surface area (Å²) in [5.41, 5.74) is 0. The van der Waals surface area contributed by atoms with Crippen LogP contribution in [0.5, 0.6) is 0 Å². The van der Waals surface area contributed by atoms with Crippen molar-refractivity contribution in [1.82, 2.24) is 10.2 Å². The molecule has 102 valence electrons. The summed E-state index contributed by atoms with van der Waals surface area (Å²) in [5, 5.41) is 3.49. The van der Waals surface area contributed by atoms with Crippen molar-refractivity contribution in [2.45, 2.75) is 45.2 Å². The van der Waals surface area contributed by atoms with Gasteiger partial charge in [0.1, 0.15) is 0 Å². The molecule has 1 N–H and O–H groups in total. The van der Waals surface area contributed by atoms with E-state index < -0.39 is 0 Å². The third kappa shape index (κ3) is 4.54. The van der Waals surface area contributed by atoms with Gasteiger partial charge in [-0.05, 0) is 58.0 Å². The van der Waals surface area contributed by atoms with Crippen LogP contribution < -0.4 is 5.32 Å². The topological polar surface area (TPSA) is 15.3 Å². The Morgan fingerprint density at radius 3 is 3.06 bits per heavy atom. The first-order chi connectivity index (χ1) is 8.75. The number of likely N-dealkylation sites (tertiary alicyclic amines) is 1. The smallest absolute Gasteiger partial charge is 0.0931 e. The fourth-order valence-electron chi connectivity index (χ4n) is 2.56. The molecular weight excluding hydrogens is 264 g/mol. The molecule has 1 saturated heterocycles. The lowest BCUT2D eigenvalue weighted by molar-refractivity contribution is 0.159. The molecule has 2 heterocycles. The minimum atomic E-state index is 0.787. The standard InChI is InChI=1S/C14H23ClN2S/c1-12-5-2-3-9-17(12)10-4-8-16-11-13-6-7-14(15)18-13/h6-7,12,16H,2-5,8-11H2,1H3. The number of hydrogen-bond acceptors (Lipinski definition) is 3. The quantitative estimate of drug-likeness (QED) is 0.801. The molecule has 0 amide bonds. The van der Waals surface area contributed by atoms with Gasteiger partial charge in [-0.1, -0.05) is 18.0 Å². The average molecular weight is 287 g/mol. The summed E-state index contributed by atoms with van der Waals surface area (Å²) in [4.78, 5) is 3.96. The molecule has 1 fully saturated rings. The Bertz CT molecular complexity index is 353. The molecule has 0 aliphatic carbocycles. The number of piperidine rings is 1. The molecule has 0 saturated carbocycles. The van der Waals surface area contributed by atoms with E-state index in [9.17, 15) is 0 Å². The molecule has 0 spiro atoms. The van der Waals surface area contributed by atoms with E-state index in [1.54, 1.807) is 11.3 Å². The highest BCUT2D eigenvalue weighted by Crippen LogP contribution is 2.21. The highest BCUT2D eigenvalue weighted by molar-refractivity contribution is 7.16. The third-order valence-corrected chi connectivity index (χ3v) is 4.90. The number of halogens is 1. The monoisotopic (exact) mass is 286 g/mol. The van der Waals surface area contributed by atoms with Gasteiger partial charge in [0, 0.05) is 17.5 Å².